The fourth-order valence-corrected chi connectivity index (χ4v) is 5.96. The zero-order chi connectivity index (χ0) is 26.0. The molecular weight excluding hydrogens is 470 g/mol. The third-order valence-corrected chi connectivity index (χ3v) is 7.74. The summed E-state index contributed by atoms with van der Waals surface area (Å²) in [6.07, 6.45) is 4.41. The lowest BCUT2D eigenvalue weighted by molar-refractivity contribution is 0.0990. The fourth-order valence-electron chi connectivity index (χ4n) is 5.96. The monoisotopic (exact) mass is 493 g/mol. The number of aromatic nitrogens is 2. The first-order valence-corrected chi connectivity index (χ1v) is 12.6. The largest absolute Gasteiger partial charge is 0.310 e. The van der Waals surface area contributed by atoms with Crippen molar-refractivity contribution in [3.8, 4) is 0 Å². The number of benzene rings is 4. The molecule has 1 aromatic heterocycles. The Morgan fingerprint density at radius 3 is 2.16 bits per heavy atom. The number of fused-ring (bicyclic) bond motifs is 5. The highest BCUT2D eigenvalue weighted by atomic mass is 16.2. The van der Waals surface area contributed by atoms with Gasteiger partial charge in [0.15, 0.2) is 11.6 Å². The van der Waals surface area contributed by atoms with Crippen LogP contribution in [0.5, 0.6) is 0 Å². The van der Waals surface area contributed by atoms with Crippen molar-refractivity contribution >= 4 is 45.5 Å². The van der Waals surface area contributed by atoms with E-state index < -0.39 is 0 Å². The molecule has 0 radical (unpaired) electrons. The molecule has 1 aliphatic carbocycles. The molecule has 0 fully saturated rings. The molecule has 38 heavy (non-hydrogen) atoms. The van der Waals surface area contributed by atoms with Crippen molar-refractivity contribution in [1.29, 1.82) is 0 Å². The molecule has 0 atom stereocenters. The Kier molecular flexibility index (Phi) is 4.73. The number of ketones is 2. The molecule has 5 heteroatoms. The van der Waals surface area contributed by atoms with Crippen LogP contribution in [0.2, 0.25) is 0 Å². The van der Waals surface area contributed by atoms with Gasteiger partial charge < -0.3 is 4.90 Å². The van der Waals surface area contributed by atoms with Gasteiger partial charge in [0, 0.05) is 11.1 Å². The van der Waals surface area contributed by atoms with E-state index in [1.165, 1.54) is 29.2 Å². The van der Waals surface area contributed by atoms with Gasteiger partial charge in [0.1, 0.15) is 0 Å². The highest BCUT2D eigenvalue weighted by molar-refractivity contribution is 6.41. The number of rotatable bonds is 2. The third kappa shape index (κ3) is 3.12. The predicted molar refractivity (Wildman–Crippen MR) is 149 cm³/mol. The van der Waals surface area contributed by atoms with Gasteiger partial charge in [0.05, 0.1) is 40.5 Å². The third-order valence-electron chi connectivity index (χ3n) is 7.74. The van der Waals surface area contributed by atoms with Crippen molar-refractivity contribution in [2.75, 3.05) is 4.90 Å². The van der Waals surface area contributed by atoms with E-state index >= 15 is 0 Å². The Morgan fingerprint density at radius 2 is 1.42 bits per heavy atom. The SMILES string of the molecule is CC1(C)c2ccccc2N(c2ccccc2)c2ccc3cc(C=C4C(=O)c5cnncc5C4=O)ccc3c21. The first kappa shape index (κ1) is 22.3. The van der Waals surface area contributed by atoms with Crippen LogP contribution in [0.1, 0.15) is 51.3 Å². The summed E-state index contributed by atoms with van der Waals surface area (Å²) in [7, 11) is 0. The summed E-state index contributed by atoms with van der Waals surface area (Å²) in [6, 6.07) is 29.5. The minimum Gasteiger partial charge on any atom is -0.310 e. The maximum absolute atomic E-state index is 12.9. The first-order valence-electron chi connectivity index (χ1n) is 12.6. The molecule has 0 spiro atoms. The quantitative estimate of drug-likeness (QED) is 0.192. The molecule has 4 aromatic carbocycles. The standard InChI is InChI=1S/C33H23N3O2/c1-33(2)27-10-6-7-11-28(27)36(22-8-4-3-5-9-22)29-15-13-21-16-20(12-14-23(21)30(29)33)17-24-31(37)25-18-34-35-19-26(25)32(24)38/h3-19H,1-2H3. The van der Waals surface area contributed by atoms with Crippen LogP contribution in [-0.4, -0.2) is 21.8 Å². The molecule has 0 bridgehead atoms. The molecule has 0 N–H and O–H groups in total. The molecule has 5 nitrogen and oxygen atoms in total. The van der Waals surface area contributed by atoms with E-state index in [-0.39, 0.29) is 22.6 Å². The van der Waals surface area contributed by atoms with Crippen LogP contribution >= 0.6 is 0 Å². The molecule has 0 unspecified atom stereocenters. The number of nitrogens with zero attached hydrogens (tertiary/aromatic N) is 3. The number of carbonyl (C=O) groups is 2. The van der Waals surface area contributed by atoms with E-state index in [0.717, 1.165) is 27.7 Å². The molecule has 0 saturated carbocycles. The van der Waals surface area contributed by atoms with Crippen LogP contribution in [0.4, 0.5) is 17.1 Å². The lowest BCUT2D eigenvalue weighted by Crippen LogP contribution is -2.30. The van der Waals surface area contributed by atoms with E-state index in [2.05, 4.69) is 95.7 Å². The zero-order valence-electron chi connectivity index (χ0n) is 21.0. The maximum Gasteiger partial charge on any atom is 0.199 e. The Balaban J connectivity index is 1.40. The Hall–Kier alpha value is -4.90. The smallest absolute Gasteiger partial charge is 0.199 e. The molecule has 2 aliphatic rings. The molecular formula is C33H23N3O2. The van der Waals surface area contributed by atoms with Crippen LogP contribution in [0.15, 0.2) is 103 Å². The van der Waals surface area contributed by atoms with E-state index in [1.54, 1.807) is 6.08 Å². The number of allylic oxidation sites excluding steroid dienone is 1. The average molecular weight is 494 g/mol. The zero-order valence-corrected chi connectivity index (χ0v) is 21.0. The number of hydrogen-bond donors (Lipinski definition) is 0. The van der Waals surface area contributed by atoms with Gasteiger partial charge in [-0.3, -0.25) is 9.59 Å². The van der Waals surface area contributed by atoms with Crippen molar-refractivity contribution in [2.24, 2.45) is 0 Å². The Labute approximate surface area is 220 Å². The van der Waals surface area contributed by atoms with Crippen molar-refractivity contribution in [3.05, 3.63) is 131 Å². The lowest BCUT2D eigenvalue weighted by Gasteiger charge is -2.42. The fraction of sp³-hybridized carbons (Fsp3) is 0.0909. The number of carbonyl (C=O) groups excluding carboxylic acids is 2. The second kappa shape index (κ2) is 8.05. The van der Waals surface area contributed by atoms with Crippen LogP contribution in [0.3, 0.4) is 0 Å². The molecule has 5 aromatic rings. The van der Waals surface area contributed by atoms with Gasteiger partial charge in [-0.2, -0.15) is 10.2 Å². The van der Waals surface area contributed by atoms with Gasteiger partial charge in [0.2, 0.25) is 0 Å². The van der Waals surface area contributed by atoms with Crippen LogP contribution in [0.25, 0.3) is 16.8 Å². The van der Waals surface area contributed by atoms with E-state index in [9.17, 15) is 9.59 Å². The van der Waals surface area contributed by atoms with Crippen LogP contribution in [0, 0.1) is 0 Å². The molecule has 0 amide bonds. The molecule has 2 heterocycles. The van der Waals surface area contributed by atoms with E-state index in [0.29, 0.717) is 11.1 Å². The molecule has 0 saturated heterocycles. The average Bonchev–Trinajstić information content (AvgIpc) is 3.18. The Morgan fingerprint density at radius 1 is 0.737 bits per heavy atom. The van der Waals surface area contributed by atoms with Crippen LogP contribution in [-0.2, 0) is 5.41 Å². The second-order valence-electron chi connectivity index (χ2n) is 10.3. The summed E-state index contributed by atoms with van der Waals surface area (Å²) in [5.74, 6) is -0.608. The van der Waals surface area contributed by atoms with Gasteiger partial charge in [-0.1, -0.05) is 68.4 Å². The van der Waals surface area contributed by atoms with E-state index in [1.807, 2.05) is 18.2 Å². The molecule has 7 rings (SSSR count). The number of Topliss-reactive ketones (excluding diaryl/α,β-unsaturated/α-hetero) is 2. The minimum absolute atomic E-state index is 0.150. The number of hydrogen-bond acceptors (Lipinski definition) is 5. The highest BCUT2D eigenvalue weighted by Crippen LogP contribution is 2.53. The predicted octanol–water partition coefficient (Wildman–Crippen LogP) is 7.20. The van der Waals surface area contributed by atoms with Gasteiger partial charge in [0.25, 0.3) is 0 Å². The van der Waals surface area contributed by atoms with E-state index in [4.69, 9.17) is 0 Å². The van der Waals surface area contributed by atoms with Crippen molar-refractivity contribution in [1.82, 2.24) is 10.2 Å². The van der Waals surface area contributed by atoms with Gasteiger partial charge >= 0.3 is 0 Å². The van der Waals surface area contributed by atoms with Gasteiger partial charge in [-0.15, -0.1) is 0 Å². The molecule has 1 aliphatic heterocycles. The number of anilines is 3. The van der Waals surface area contributed by atoms with Crippen molar-refractivity contribution < 1.29 is 9.59 Å². The van der Waals surface area contributed by atoms with Crippen molar-refractivity contribution in [3.63, 3.8) is 0 Å². The van der Waals surface area contributed by atoms with Crippen LogP contribution < -0.4 is 4.90 Å². The van der Waals surface area contributed by atoms with Crippen molar-refractivity contribution in [2.45, 2.75) is 19.3 Å². The lowest BCUT2D eigenvalue weighted by atomic mass is 9.71. The topological polar surface area (TPSA) is 63.2 Å². The van der Waals surface area contributed by atoms with Gasteiger partial charge in [-0.25, -0.2) is 0 Å². The highest BCUT2D eigenvalue weighted by Gasteiger charge is 2.38. The second-order valence-corrected chi connectivity index (χ2v) is 10.3. The molecule has 182 valence electrons. The summed E-state index contributed by atoms with van der Waals surface area (Å²) in [5.41, 5.74) is 7.28. The first-order chi connectivity index (χ1) is 18.4. The summed E-state index contributed by atoms with van der Waals surface area (Å²) < 4.78 is 0. The summed E-state index contributed by atoms with van der Waals surface area (Å²) in [6.45, 7) is 4.55. The summed E-state index contributed by atoms with van der Waals surface area (Å²) in [5, 5.41) is 9.73. The number of para-hydroxylation sites is 2. The normalized spacial score (nSPS) is 15.3. The van der Waals surface area contributed by atoms with Gasteiger partial charge in [-0.05, 0) is 63.9 Å². The minimum atomic E-state index is -0.304. The Bertz CT molecular complexity index is 1800. The maximum atomic E-state index is 12.9. The summed E-state index contributed by atoms with van der Waals surface area (Å²) >= 11 is 0. The summed E-state index contributed by atoms with van der Waals surface area (Å²) in [4.78, 5) is 28.1.